The zero-order valence-corrected chi connectivity index (χ0v) is 9.96. The van der Waals surface area contributed by atoms with Crippen LogP contribution in [0.2, 0.25) is 0 Å². The van der Waals surface area contributed by atoms with Crippen LogP contribution in [0.4, 0.5) is 0 Å². The van der Waals surface area contributed by atoms with E-state index in [0.717, 1.165) is 5.75 Å². The van der Waals surface area contributed by atoms with Gasteiger partial charge in [0.15, 0.2) is 0 Å². The van der Waals surface area contributed by atoms with Crippen LogP contribution in [0.5, 0.6) is 0 Å². The summed E-state index contributed by atoms with van der Waals surface area (Å²) in [6.45, 7) is 2.09. The minimum Gasteiger partial charge on any atom is -0.393 e. The first-order valence-corrected chi connectivity index (χ1v) is 6.42. The molecule has 1 aliphatic heterocycles. The van der Waals surface area contributed by atoms with E-state index in [-0.39, 0.29) is 12.0 Å². The van der Waals surface area contributed by atoms with Crippen molar-refractivity contribution < 1.29 is 14.6 Å². The summed E-state index contributed by atoms with van der Waals surface area (Å²) in [6.07, 6.45) is 1.22. The fourth-order valence-corrected chi connectivity index (χ4v) is 2.29. The number of amides is 1. The number of thioether (sulfide) groups is 1. The van der Waals surface area contributed by atoms with Gasteiger partial charge in [-0.05, 0) is 12.8 Å². The number of hydrogen-bond acceptors (Lipinski definition) is 4. The van der Waals surface area contributed by atoms with Crippen molar-refractivity contribution in [1.29, 1.82) is 0 Å². The average Bonchev–Trinajstić information content (AvgIpc) is 2.25. The van der Waals surface area contributed by atoms with Gasteiger partial charge >= 0.3 is 0 Å². The lowest BCUT2D eigenvalue weighted by Crippen LogP contribution is -2.41. The Labute approximate surface area is 95.0 Å². The van der Waals surface area contributed by atoms with E-state index in [1.807, 2.05) is 4.90 Å². The Bertz CT molecular complexity index is 193. The first-order valence-electron chi connectivity index (χ1n) is 5.26. The van der Waals surface area contributed by atoms with Crippen LogP contribution in [0, 0.1) is 0 Å². The molecule has 1 saturated heterocycles. The van der Waals surface area contributed by atoms with Crippen LogP contribution >= 0.6 is 11.8 Å². The summed E-state index contributed by atoms with van der Waals surface area (Å²) in [5.41, 5.74) is 0. The molecule has 0 atom stereocenters. The molecule has 0 radical (unpaired) electrons. The van der Waals surface area contributed by atoms with E-state index < -0.39 is 0 Å². The highest BCUT2D eigenvalue weighted by atomic mass is 32.2. The molecule has 4 nitrogen and oxygen atoms in total. The lowest BCUT2D eigenvalue weighted by Gasteiger charge is -2.29. The predicted octanol–water partition coefficient (Wildman–Crippen LogP) is 0.349. The number of aliphatic hydroxyl groups is 1. The minimum absolute atomic E-state index is 0.183. The molecule has 1 heterocycles. The van der Waals surface area contributed by atoms with E-state index in [1.165, 1.54) is 0 Å². The number of methoxy groups -OCH3 is 1. The molecule has 5 heteroatoms. The standard InChI is InChI=1S/C10H19NO3S/c1-14-6-7-15-8-10(13)11-4-2-9(12)3-5-11/h9,12H,2-8H2,1H3. The Morgan fingerprint density at radius 3 is 2.80 bits per heavy atom. The molecule has 88 valence electrons. The van der Waals surface area contributed by atoms with E-state index in [4.69, 9.17) is 4.74 Å². The monoisotopic (exact) mass is 233 g/mol. The molecular formula is C10H19NO3S. The minimum atomic E-state index is -0.213. The highest BCUT2D eigenvalue weighted by Gasteiger charge is 2.20. The van der Waals surface area contributed by atoms with Gasteiger partial charge in [0.05, 0.1) is 18.5 Å². The van der Waals surface area contributed by atoms with Gasteiger partial charge in [0.25, 0.3) is 0 Å². The summed E-state index contributed by atoms with van der Waals surface area (Å²) in [7, 11) is 1.66. The number of hydrogen-bond donors (Lipinski definition) is 1. The van der Waals surface area contributed by atoms with Crippen molar-refractivity contribution in [2.75, 3.05) is 38.3 Å². The van der Waals surface area contributed by atoms with Gasteiger partial charge < -0.3 is 14.7 Å². The second-order valence-electron chi connectivity index (χ2n) is 3.66. The summed E-state index contributed by atoms with van der Waals surface area (Å²) in [4.78, 5) is 13.5. The van der Waals surface area contributed by atoms with Crippen LogP contribution in [-0.4, -0.2) is 60.3 Å². The number of aliphatic hydroxyl groups excluding tert-OH is 1. The molecule has 0 aromatic carbocycles. The van der Waals surface area contributed by atoms with Crippen LogP contribution in [0.3, 0.4) is 0 Å². The van der Waals surface area contributed by atoms with Crippen molar-refractivity contribution >= 4 is 17.7 Å². The van der Waals surface area contributed by atoms with Crippen molar-refractivity contribution in [2.24, 2.45) is 0 Å². The first kappa shape index (κ1) is 12.8. The zero-order valence-electron chi connectivity index (χ0n) is 9.15. The third-order valence-corrected chi connectivity index (χ3v) is 3.38. The molecule has 1 amide bonds. The zero-order chi connectivity index (χ0) is 11.1. The van der Waals surface area contributed by atoms with Gasteiger partial charge in [-0.3, -0.25) is 4.79 Å². The normalized spacial score (nSPS) is 18.1. The van der Waals surface area contributed by atoms with Crippen LogP contribution in [-0.2, 0) is 9.53 Å². The lowest BCUT2D eigenvalue weighted by molar-refractivity contribution is -0.130. The number of piperidine rings is 1. The molecule has 0 saturated carbocycles. The SMILES string of the molecule is COCCSCC(=O)N1CCC(O)CC1. The van der Waals surface area contributed by atoms with Gasteiger partial charge in [-0.2, -0.15) is 0 Å². The van der Waals surface area contributed by atoms with E-state index in [0.29, 0.717) is 38.3 Å². The summed E-state index contributed by atoms with van der Waals surface area (Å²) in [5, 5.41) is 9.30. The molecule has 0 aromatic rings. The quantitative estimate of drug-likeness (QED) is 0.696. The Balaban J connectivity index is 2.11. The average molecular weight is 233 g/mol. The van der Waals surface area contributed by atoms with Crippen LogP contribution < -0.4 is 0 Å². The molecule has 1 N–H and O–H groups in total. The summed E-state index contributed by atoms with van der Waals surface area (Å²) < 4.78 is 4.90. The Morgan fingerprint density at radius 2 is 2.20 bits per heavy atom. The molecule has 1 aliphatic rings. The largest absolute Gasteiger partial charge is 0.393 e. The maximum atomic E-state index is 11.7. The number of carbonyl (C=O) groups is 1. The van der Waals surface area contributed by atoms with Crippen molar-refractivity contribution in [3.63, 3.8) is 0 Å². The van der Waals surface area contributed by atoms with Crippen LogP contribution in [0.1, 0.15) is 12.8 Å². The van der Waals surface area contributed by atoms with Gasteiger partial charge in [0, 0.05) is 26.0 Å². The Morgan fingerprint density at radius 1 is 1.53 bits per heavy atom. The van der Waals surface area contributed by atoms with Crippen LogP contribution in [0.15, 0.2) is 0 Å². The van der Waals surface area contributed by atoms with Crippen molar-refractivity contribution in [3.8, 4) is 0 Å². The van der Waals surface area contributed by atoms with Crippen molar-refractivity contribution in [1.82, 2.24) is 4.90 Å². The summed E-state index contributed by atoms with van der Waals surface area (Å²) in [5.74, 6) is 1.57. The molecule has 0 aliphatic carbocycles. The fourth-order valence-electron chi connectivity index (χ4n) is 1.51. The first-order chi connectivity index (χ1) is 7.24. The third kappa shape index (κ3) is 4.86. The molecule has 15 heavy (non-hydrogen) atoms. The maximum Gasteiger partial charge on any atom is 0.232 e. The van der Waals surface area contributed by atoms with Gasteiger partial charge in [-0.1, -0.05) is 0 Å². The second kappa shape index (κ2) is 7.09. The number of ether oxygens (including phenoxy) is 1. The molecule has 1 fully saturated rings. The van der Waals surface area contributed by atoms with Crippen LogP contribution in [0.25, 0.3) is 0 Å². The summed E-state index contributed by atoms with van der Waals surface area (Å²) in [6, 6.07) is 0. The third-order valence-electron chi connectivity index (χ3n) is 2.47. The molecule has 0 unspecified atom stereocenters. The van der Waals surface area contributed by atoms with Crippen molar-refractivity contribution in [2.45, 2.75) is 18.9 Å². The Kier molecular flexibility index (Phi) is 6.05. The van der Waals surface area contributed by atoms with E-state index in [1.54, 1.807) is 18.9 Å². The highest BCUT2D eigenvalue weighted by Crippen LogP contribution is 2.11. The predicted molar refractivity (Wildman–Crippen MR) is 61.0 cm³/mol. The van der Waals surface area contributed by atoms with Gasteiger partial charge in [0.1, 0.15) is 0 Å². The van der Waals surface area contributed by atoms with Crippen molar-refractivity contribution in [3.05, 3.63) is 0 Å². The highest BCUT2D eigenvalue weighted by molar-refractivity contribution is 7.99. The molecular weight excluding hydrogens is 214 g/mol. The van der Waals surface area contributed by atoms with E-state index in [9.17, 15) is 9.90 Å². The molecule has 1 rings (SSSR count). The lowest BCUT2D eigenvalue weighted by atomic mass is 10.1. The van der Waals surface area contributed by atoms with E-state index in [2.05, 4.69) is 0 Å². The summed E-state index contributed by atoms with van der Waals surface area (Å²) >= 11 is 1.60. The topological polar surface area (TPSA) is 49.8 Å². The smallest absolute Gasteiger partial charge is 0.232 e. The maximum absolute atomic E-state index is 11.7. The number of rotatable bonds is 5. The number of likely N-dealkylation sites (tertiary alicyclic amines) is 1. The molecule has 0 spiro atoms. The van der Waals surface area contributed by atoms with E-state index >= 15 is 0 Å². The number of carbonyl (C=O) groups excluding carboxylic acids is 1. The Hall–Kier alpha value is -0.260. The fraction of sp³-hybridized carbons (Fsp3) is 0.900. The van der Waals surface area contributed by atoms with Gasteiger partial charge in [-0.25, -0.2) is 0 Å². The number of nitrogens with zero attached hydrogens (tertiary/aromatic N) is 1. The molecule has 0 bridgehead atoms. The van der Waals surface area contributed by atoms with Gasteiger partial charge in [0.2, 0.25) is 5.91 Å². The van der Waals surface area contributed by atoms with Gasteiger partial charge in [-0.15, -0.1) is 11.8 Å². The molecule has 0 aromatic heterocycles. The second-order valence-corrected chi connectivity index (χ2v) is 4.76.